The van der Waals surface area contributed by atoms with E-state index in [-0.39, 0.29) is 34.4 Å². The molecule has 0 N–H and O–H groups in total. The van der Waals surface area contributed by atoms with E-state index in [1.807, 2.05) is 0 Å². The van der Waals surface area contributed by atoms with Gasteiger partial charge in [-0.1, -0.05) is 23.2 Å². The van der Waals surface area contributed by atoms with Crippen LogP contribution < -0.4 is 4.74 Å². The predicted molar refractivity (Wildman–Crippen MR) is 63.4 cm³/mol. The van der Waals surface area contributed by atoms with Crippen molar-refractivity contribution in [2.75, 3.05) is 6.61 Å². The third kappa shape index (κ3) is 4.31. The standard InChI is InChI=1S/C11H10Cl2F2O3/c1-2-17-10(16)4-6-3-7(12)8(13)5-9(6)18-11(14)15/h3,5,11H,2,4H2,1H3. The van der Waals surface area contributed by atoms with Gasteiger partial charge in [0.15, 0.2) is 0 Å². The SMILES string of the molecule is CCOC(=O)Cc1cc(Cl)c(Cl)cc1OC(F)F. The molecule has 0 bridgehead atoms. The first-order valence-corrected chi connectivity index (χ1v) is 5.78. The van der Waals surface area contributed by atoms with E-state index < -0.39 is 12.6 Å². The van der Waals surface area contributed by atoms with Crippen molar-refractivity contribution in [2.45, 2.75) is 20.0 Å². The fourth-order valence-electron chi connectivity index (χ4n) is 1.28. The molecule has 0 saturated heterocycles. The van der Waals surface area contributed by atoms with Crippen LogP contribution in [-0.2, 0) is 16.0 Å². The second-order valence-corrected chi connectivity index (χ2v) is 4.05. The Morgan fingerprint density at radius 1 is 1.33 bits per heavy atom. The van der Waals surface area contributed by atoms with Crippen molar-refractivity contribution in [2.24, 2.45) is 0 Å². The molecule has 0 atom stereocenters. The number of carbonyl (C=O) groups is 1. The van der Waals surface area contributed by atoms with Crippen molar-refractivity contribution in [1.29, 1.82) is 0 Å². The maximum Gasteiger partial charge on any atom is 0.387 e. The number of ether oxygens (including phenoxy) is 2. The number of hydrogen-bond acceptors (Lipinski definition) is 3. The summed E-state index contributed by atoms with van der Waals surface area (Å²) in [5.74, 6) is -0.748. The molecule has 3 nitrogen and oxygen atoms in total. The van der Waals surface area contributed by atoms with Crippen molar-refractivity contribution < 1.29 is 23.0 Å². The summed E-state index contributed by atoms with van der Waals surface area (Å²) in [6, 6.07) is 2.45. The van der Waals surface area contributed by atoms with E-state index in [0.29, 0.717) is 0 Å². The summed E-state index contributed by atoms with van der Waals surface area (Å²) in [6.45, 7) is -1.17. The van der Waals surface area contributed by atoms with Crippen LogP contribution in [0, 0.1) is 0 Å². The molecular weight excluding hydrogens is 289 g/mol. The fourth-order valence-corrected chi connectivity index (χ4v) is 1.62. The van der Waals surface area contributed by atoms with Crippen LogP contribution in [0.4, 0.5) is 8.78 Å². The van der Waals surface area contributed by atoms with Crippen LogP contribution >= 0.6 is 23.2 Å². The molecule has 1 aromatic rings. The summed E-state index contributed by atoms with van der Waals surface area (Å²) in [4.78, 5) is 11.3. The van der Waals surface area contributed by atoms with E-state index in [1.54, 1.807) is 6.92 Å². The van der Waals surface area contributed by atoms with Gasteiger partial charge in [-0.2, -0.15) is 8.78 Å². The monoisotopic (exact) mass is 298 g/mol. The summed E-state index contributed by atoms with van der Waals surface area (Å²) >= 11 is 11.4. The van der Waals surface area contributed by atoms with Gasteiger partial charge >= 0.3 is 12.6 Å². The Kier molecular flexibility index (Phi) is 5.62. The Morgan fingerprint density at radius 3 is 2.50 bits per heavy atom. The zero-order chi connectivity index (χ0) is 13.7. The van der Waals surface area contributed by atoms with Gasteiger partial charge in [0.05, 0.1) is 23.1 Å². The highest BCUT2D eigenvalue weighted by molar-refractivity contribution is 6.42. The highest BCUT2D eigenvalue weighted by atomic mass is 35.5. The molecule has 100 valence electrons. The number of hydrogen-bond donors (Lipinski definition) is 0. The predicted octanol–water partition coefficient (Wildman–Crippen LogP) is 3.70. The van der Waals surface area contributed by atoms with Gasteiger partial charge in [-0.3, -0.25) is 4.79 Å². The molecule has 0 aliphatic rings. The number of esters is 1. The number of rotatable bonds is 5. The molecule has 0 aliphatic heterocycles. The van der Waals surface area contributed by atoms with Gasteiger partial charge in [-0.05, 0) is 13.0 Å². The van der Waals surface area contributed by atoms with E-state index in [2.05, 4.69) is 4.74 Å². The second kappa shape index (κ2) is 6.75. The average molecular weight is 299 g/mol. The van der Waals surface area contributed by atoms with Crippen LogP contribution in [0.3, 0.4) is 0 Å². The Morgan fingerprint density at radius 2 is 1.94 bits per heavy atom. The number of carbonyl (C=O) groups excluding carboxylic acids is 1. The van der Waals surface area contributed by atoms with Gasteiger partial charge in [-0.15, -0.1) is 0 Å². The fraction of sp³-hybridized carbons (Fsp3) is 0.364. The lowest BCUT2D eigenvalue weighted by Crippen LogP contribution is -2.10. The van der Waals surface area contributed by atoms with E-state index in [0.717, 1.165) is 6.07 Å². The number of alkyl halides is 2. The minimum absolute atomic E-state index is 0.0694. The Bertz CT molecular complexity index is 439. The first-order valence-electron chi connectivity index (χ1n) is 5.02. The minimum atomic E-state index is -3.01. The molecule has 1 rings (SSSR count). The summed E-state index contributed by atoms with van der Waals surface area (Å²) in [5, 5.41) is 0.220. The summed E-state index contributed by atoms with van der Waals surface area (Å²) in [5.41, 5.74) is 0.197. The third-order valence-electron chi connectivity index (χ3n) is 1.96. The summed E-state index contributed by atoms with van der Waals surface area (Å²) in [6.07, 6.45) is -0.215. The third-order valence-corrected chi connectivity index (χ3v) is 2.68. The van der Waals surface area contributed by atoms with Crippen molar-refractivity contribution in [3.8, 4) is 5.75 Å². The Balaban J connectivity index is 2.99. The minimum Gasteiger partial charge on any atom is -0.466 e. The van der Waals surface area contributed by atoms with E-state index in [4.69, 9.17) is 27.9 Å². The van der Waals surface area contributed by atoms with Gasteiger partial charge in [0, 0.05) is 11.6 Å². The average Bonchev–Trinajstić information content (AvgIpc) is 2.25. The summed E-state index contributed by atoms with van der Waals surface area (Å²) in [7, 11) is 0. The number of halogens is 4. The smallest absolute Gasteiger partial charge is 0.387 e. The molecule has 18 heavy (non-hydrogen) atoms. The Hall–Kier alpha value is -1.07. The van der Waals surface area contributed by atoms with Crippen LogP contribution in [0.2, 0.25) is 10.0 Å². The van der Waals surface area contributed by atoms with E-state index in [9.17, 15) is 13.6 Å². The lowest BCUT2D eigenvalue weighted by molar-refractivity contribution is -0.142. The molecular formula is C11H10Cl2F2O3. The molecule has 0 aromatic heterocycles. The van der Waals surface area contributed by atoms with Crippen LogP contribution in [-0.4, -0.2) is 19.2 Å². The quantitative estimate of drug-likeness (QED) is 0.778. The van der Waals surface area contributed by atoms with Gasteiger partial charge in [0.1, 0.15) is 5.75 Å². The zero-order valence-electron chi connectivity index (χ0n) is 9.38. The van der Waals surface area contributed by atoms with Crippen LogP contribution in [0.1, 0.15) is 12.5 Å². The highest BCUT2D eigenvalue weighted by Gasteiger charge is 2.16. The van der Waals surface area contributed by atoms with Crippen molar-refractivity contribution in [3.63, 3.8) is 0 Å². The lowest BCUT2D eigenvalue weighted by atomic mass is 10.1. The van der Waals surface area contributed by atoms with Crippen molar-refractivity contribution >= 4 is 29.2 Å². The topological polar surface area (TPSA) is 35.5 Å². The highest BCUT2D eigenvalue weighted by Crippen LogP contribution is 2.32. The second-order valence-electron chi connectivity index (χ2n) is 3.23. The molecule has 1 aromatic carbocycles. The molecule has 0 saturated carbocycles. The Labute approximate surface area is 113 Å². The molecule has 0 aliphatic carbocycles. The first kappa shape index (κ1) is 15.0. The molecule has 0 amide bonds. The molecule has 0 unspecified atom stereocenters. The van der Waals surface area contributed by atoms with Crippen LogP contribution in [0.15, 0.2) is 12.1 Å². The van der Waals surface area contributed by atoms with Gasteiger partial charge in [-0.25, -0.2) is 0 Å². The van der Waals surface area contributed by atoms with Crippen molar-refractivity contribution in [1.82, 2.24) is 0 Å². The molecule has 7 heteroatoms. The number of benzene rings is 1. The molecule has 0 spiro atoms. The maximum atomic E-state index is 12.2. The molecule has 0 fully saturated rings. The largest absolute Gasteiger partial charge is 0.466 e. The first-order chi connectivity index (χ1) is 8.43. The lowest BCUT2D eigenvalue weighted by Gasteiger charge is -2.11. The molecule has 0 heterocycles. The van der Waals surface area contributed by atoms with E-state index >= 15 is 0 Å². The van der Waals surface area contributed by atoms with Crippen LogP contribution in [0.25, 0.3) is 0 Å². The van der Waals surface area contributed by atoms with Gasteiger partial charge in [0.25, 0.3) is 0 Å². The molecule has 0 radical (unpaired) electrons. The zero-order valence-corrected chi connectivity index (χ0v) is 10.9. The summed E-state index contributed by atoms with van der Waals surface area (Å²) < 4.78 is 33.4. The van der Waals surface area contributed by atoms with Crippen molar-refractivity contribution in [3.05, 3.63) is 27.7 Å². The van der Waals surface area contributed by atoms with Crippen LogP contribution in [0.5, 0.6) is 5.75 Å². The maximum absolute atomic E-state index is 12.2. The van der Waals surface area contributed by atoms with E-state index in [1.165, 1.54) is 6.07 Å². The van der Waals surface area contributed by atoms with Gasteiger partial charge in [0.2, 0.25) is 0 Å². The normalized spacial score (nSPS) is 10.6. The van der Waals surface area contributed by atoms with Gasteiger partial charge < -0.3 is 9.47 Å².